The molecule has 1 rings (SSSR count). The van der Waals surface area contributed by atoms with Gasteiger partial charge in [0.1, 0.15) is 0 Å². The van der Waals surface area contributed by atoms with E-state index >= 15 is 0 Å². The number of hydrogen-bond acceptors (Lipinski definition) is 3. The van der Waals surface area contributed by atoms with Gasteiger partial charge in [-0.05, 0) is 17.7 Å². The zero-order valence-electron chi connectivity index (χ0n) is 10.4. The van der Waals surface area contributed by atoms with Gasteiger partial charge in [-0.3, -0.25) is 0 Å². The lowest BCUT2D eigenvalue weighted by atomic mass is 10.1. The molecule has 0 fully saturated rings. The fourth-order valence-corrected chi connectivity index (χ4v) is 2.39. The second-order valence-corrected chi connectivity index (χ2v) is 4.99. The van der Waals surface area contributed by atoms with Gasteiger partial charge in [-0.2, -0.15) is 0 Å². The SMILES string of the molecule is COCCOCCOC(CI)c1cccc(Cl)c1. The van der Waals surface area contributed by atoms with Crippen molar-refractivity contribution < 1.29 is 14.2 Å². The highest BCUT2D eigenvalue weighted by atomic mass is 127. The molecule has 0 saturated heterocycles. The van der Waals surface area contributed by atoms with Crippen LogP contribution in [-0.2, 0) is 14.2 Å². The number of ether oxygens (including phenoxy) is 3. The molecule has 1 aromatic rings. The molecule has 1 atom stereocenters. The van der Waals surface area contributed by atoms with Gasteiger partial charge >= 0.3 is 0 Å². The van der Waals surface area contributed by atoms with Crippen LogP contribution >= 0.6 is 34.2 Å². The quantitative estimate of drug-likeness (QED) is 0.370. The smallest absolute Gasteiger partial charge is 0.0915 e. The number of alkyl halides is 1. The van der Waals surface area contributed by atoms with Crippen LogP contribution < -0.4 is 0 Å². The molecular weight excluding hydrogens is 366 g/mol. The van der Waals surface area contributed by atoms with Crippen molar-refractivity contribution in [3.05, 3.63) is 34.9 Å². The number of hydrogen-bond donors (Lipinski definition) is 0. The summed E-state index contributed by atoms with van der Waals surface area (Å²) in [7, 11) is 1.66. The number of methoxy groups -OCH3 is 1. The van der Waals surface area contributed by atoms with E-state index in [2.05, 4.69) is 22.6 Å². The monoisotopic (exact) mass is 384 g/mol. The average Bonchev–Trinajstić information content (AvgIpc) is 2.38. The van der Waals surface area contributed by atoms with Crippen molar-refractivity contribution >= 4 is 34.2 Å². The first-order valence-corrected chi connectivity index (χ1v) is 7.68. The lowest BCUT2D eigenvalue weighted by molar-refractivity contribution is 0.00123. The van der Waals surface area contributed by atoms with Gasteiger partial charge in [0.2, 0.25) is 0 Å². The number of halogens is 2. The maximum atomic E-state index is 5.97. The summed E-state index contributed by atoms with van der Waals surface area (Å²) in [6.07, 6.45) is 0.0651. The van der Waals surface area contributed by atoms with E-state index in [9.17, 15) is 0 Å². The predicted octanol–water partition coefficient (Wildman–Crippen LogP) is 3.50. The molecule has 0 radical (unpaired) electrons. The first-order valence-electron chi connectivity index (χ1n) is 5.77. The van der Waals surface area contributed by atoms with Crippen molar-refractivity contribution in [3.8, 4) is 0 Å². The summed E-state index contributed by atoms with van der Waals surface area (Å²) in [6.45, 7) is 2.37. The Morgan fingerprint density at radius 2 is 2.00 bits per heavy atom. The third kappa shape index (κ3) is 6.33. The Labute approximate surface area is 127 Å². The van der Waals surface area contributed by atoms with Gasteiger partial charge in [0.25, 0.3) is 0 Å². The van der Waals surface area contributed by atoms with Crippen molar-refractivity contribution in [2.75, 3.05) is 38.0 Å². The van der Waals surface area contributed by atoms with Gasteiger partial charge in [0.15, 0.2) is 0 Å². The first-order chi connectivity index (χ1) is 8.77. The van der Waals surface area contributed by atoms with E-state index in [-0.39, 0.29) is 6.10 Å². The fourth-order valence-electron chi connectivity index (χ4n) is 1.43. The van der Waals surface area contributed by atoms with Gasteiger partial charge < -0.3 is 14.2 Å². The molecule has 0 N–H and O–H groups in total. The number of benzene rings is 1. The van der Waals surface area contributed by atoms with E-state index in [1.54, 1.807) is 7.11 Å². The summed E-state index contributed by atoms with van der Waals surface area (Å²) in [4.78, 5) is 0. The molecule has 5 heteroatoms. The molecule has 0 aromatic heterocycles. The van der Waals surface area contributed by atoms with E-state index in [0.717, 1.165) is 15.0 Å². The van der Waals surface area contributed by atoms with E-state index in [0.29, 0.717) is 26.4 Å². The average molecular weight is 385 g/mol. The molecular formula is C13H18ClIO3. The first kappa shape index (κ1) is 16.2. The Kier molecular flexibility index (Phi) is 8.96. The van der Waals surface area contributed by atoms with Crippen LogP contribution in [0.15, 0.2) is 24.3 Å². The van der Waals surface area contributed by atoms with Crippen molar-refractivity contribution in [3.63, 3.8) is 0 Å². The second-order valence-electron chi connectivity index (χ2n) is 3.67. The van der Waals surface area contributed by atoms with Crippen LogP contribution in [0.1, 0.15) is 11.7 Å². The van der Waals surface area contributed by atoms with Gasteiger partial charge in [-0.1, -0.05) is 46.3 Å². The van der Waals surface area contributed by atoms with Gasteiger partial charge in [0.05, 0.1) is 32.5 Å². The van der Waals surface area contributed by atoms with E-state index < -0.39 is 0 Å². The molecule has 0 aliphatic heterocycles. The molecule has 0 amide bonds. The summed E-state index contributed by atoms with van der Waals surface area (Å²) in [5.41, 5.74) is 1.11. The van der Waals surface area contributed by atoms with Gasteiger partial charge in [-0.25, -0.2) is 0 Å². The van der Waals surface area contributed by atoms with Gasteiger partial charge in [-0.15, -0.1) is 0 Å². The summed E-state index contributed by atoms with van der Waals surface area (Å²) in [6, 6.07) is 7.77. The van der Waals surface area contributed by atoms with Crippen LogP contribution in [0, 0.1) is 0 Å². The standard InChI is InChI=1S/C13H18ClIO3/c1-16-5-6-17-7-8-18-13(10-15)11-3-2-4-12(14)9-11/h2-4,9,13H,5-8,10H2,1H3. The molecule has 0 aliphatic rings. The summed E-state index contributed by atoms with van der Waals surface area (Å²) in [5.74, 6) is 0. The molecule has 18 heavy (non-hydrogen) atoms. The van der Waals surface area contributed by atoms with Crippen LogP contribution in [0.25, 0.3) is 0 Å². The molecule has 0 aliphatic carbocycles. The minimum atomic E-state index is 0.0651. The second kappa shape index (κ2) is 9.97. The third-order valence-electron chi connectivity index (χ3n) is 2.34. The Morgan fingerprint density at radius 3 is 2.67 bits per heavy atom. The van der Waals surface area contributed by atoms with Crippen LogP contribution in [0.5, 0.6) is 0 Å². The molecule has 1 aromatic carbocycles. The zero-order chi connectivity index (χ0) is 13.2. The van der Waals surface area contributed by atoms with Crippen LogP contribution in [0.2, 0.25) is 5.02 Å². The molecule has 1 unspecified atom stereocenters. The molecule has 0 heterocycles. The summed E-state index contributed by atoms with van der Waals surface area (Å²) < 4.78 is 16.9. The van der Waals surface area contributed by atoms with E-state index in [1.165, 1.54) is 0 Å². The minimum Gasteiger partial charge on any atom is -0.382 e. The maximum absolute atomic E-state index is 5.97. The highest BCUT2D eigenvalue weighted by Gasteiger charge is 2.10. The molecule has 3 nitrogen and oxygen atoms in total. The van der Waals surface area contributed by atoms with Gasteiger partial charge in [0, 0.05) is 16.6 Å². The largest absolute Gasteiger partial charge is 0.382 e. The van der Waals surface area contributed by atoms with Crippen molar-refractivity contribution in [1.29, 1.82) is 0 Å². The molecule has 0 spiro atoms. The van der Waals surface area contributed by atoms with Crippen LogP contribution in [-0.4, -0.2) is 38.0 Å². The van der Waals surface area contributed by atoms with Crippen molar-refractivity contribution in [1.82, 2.24) is 0 Å². The summed E-state index contributed by atoms with van der Waals surface area (Å²) in [5, 5.41) is 0.738. The lowest BCUT2D eigenvalue weighted by Crippen LogP contribution is -2.12. The van der Waals surface area contributed by atoms with Crippen LogP contribution in [0.3, 0.4) is 0 Å². The van der Waals surface area contributed by atoms with Crippen molar-refractivity contribution in [2.24, 2.45) is 0 Å². The maximum Gasteiger partial charge on any atom is 0.0915 e. The predicted molar refractivity (Wildman–Crippen MR) is 81.7 cm³/mol. The van der Waals surface area contributed by atoms with Crippen LogP contribution in [0.4, 0.5) is 0 Å². The normalized spacial score (nSPS) is 12.6. The van der Waals surface area contributed by atoms with E-state index in [4.69, 9.17) is 25.8 Å². The molecule has 0 saturated carbocycles. The lowest BCUT2D eigenvalue weighted by Gasteiger charge is -2.16. The Morgan fingerprint density at radius 1 is 1.22 bits per heavy atom. The zero-order valence-corrected chi connectivity index (χ0v) is 13.3. The molecule has 102 valence electrons. The molecule has 0 bridgehead atoms. The Balaban J connectivity index is 2.29. The topological polar surface area (TPSA) is 27.7 Å². The highest BCUT2D eigenvalue weighted by molar-refractivity contribution is 14.1. The Hall–Kier alpha value is 0.120. The third-order valence-corrected chi connectivity index (χ3v) is 3.37. The summed E-state index contributed by atoms with van der Waals surface area (Å²) >= 11 is 8.28. The minimum absolute atomic E-state index is 0.0651. The number of rotatable bonds is 9. The fraction of sp³-hybridized carbons (Fsp3) is 0.538. The Bertz CT molecular complexity index is 336. The van der Waals surface area contributed by atoms with E-state index in [1.807, 2.05) is 24.3 Å². The van der Waals surface area contributed by atoms with Crippen molar-refractivity contribution in [2.45, 2.75) is 6.10 Å². The highest BCUT2D eigenvalue weighted by Crippen LogP contribution is 2.22.